The Kier molecular flexibility index (Phi) is 7.52. The van der Waals surface area contributed by atoms with Crippen molar-refractivity contribution in [2.24, 2.45) is 5.92 Å². The predicted molar refractivity (Wildman–Crippen MR) is 139 cm³/mol. The van der Waals surface area contributed by atoms with E-state index >= 15 is 0 Å². The minimum absolute atomic E-state index is 0.0820. The third kappa shape index (κ3) is 5.66. The highest BCUT2D eigenvalue weighted by molar-refractivity contribution is 5.79. The topological polar surface area (TPSA) is 66.3 Å². The first-order valence-corrected chi connectivity index (χ1v) is 13.9. The van der Waals surface area contributed by atoms with Gasteiger partial charge < -0.3 is 10.3 Å². The number of nitrogens with one attached hydrogen (secondary N) is 1. The van der Waals surface area contributed by atoms with Gasteiger partial charge in [0.15, 0.2) is 5.82 Å². The van der Waals surface area contributed by atoms with Gasteiger partial charge in [-0.25, -0.2) is 13.5 Å². The van der Waals surface area contributed by atoms with Gasteiger partial charge in [-0.05, 0) is 44.6 Å². The Balaban J connectivity index is 1.24. The maximum atomic E-state index is 13.6. The fourth-order valence-electron chi connectivity index (χ4n) is 6.46. The Hall–Kier alpha value is -2.55. The van der Waals surface area contributed by atoms with E-state index in [1.807, 2.05) is 25.1 Å². The van der Waals surface area contributed by atoms with Gasteiger partial charge in [-0.15, -0.1) is 10.2 Å². The molecule has 1 aliphatic carbocycles. The highest BCUT2D eigenvalue weighted by Crippen LogP contribution is 2.37. The zero-order valence-corrected chi connectivity index (χ0v) is 22.2. The number of halogens is 2. The summed E-state index contributed by atoms with van der Waals surface area (Å²) in [6.07, 6.45) is 3.25. The molecule has 3 aliphatic rings. The smallest absolute Gasteiger partial charge is 0.248 e. The number of alkyl halides is 2. The van der Waals surface area contributed by atoms with Crippen molar-refractivity contribution in [2.45, 2.75) is 95.7 Å². The summed E-state index contributed by atoms with van der Waals surface area (Å²) in [5.74, 6) is -0.781. The van der Waals surface area contributed by atoms with Crippen LogP contribution in [-0.2, 0) is 4.79 Å². The summed E-state index contributed by atoms with van der Waals surface area (Å²) in [7, 11) is 0. The van der Waals surface area contributed by atoms with Gasteiger partial charge in [-0.3, -0.25) is 9.69 Å². The number of aryl methyl sites for hydroxylation is 1. The van der Waals surface area contributed by atoms with E-state index in [1.165, 1.54) is 0 Å². The third-order valence-corrected chi connectivity index (χ3v) is 8.52. The van der Waals surface area contributed by atoms with Gasteiger partial charge in [0.2, 0.25) is 11.8 Å². The highest BCUT2D eigenvalue weighted by Gasteiger charge is 2.41. The normalized spacial score (nSPS) is 25.0. The van der Waals surface area contributed by atoms with Crippen molar-refractivity contribution in [3.63, 3.8) is 0 Å². The van der Waals surface area contributed by atoms with E-state index in [0.717, 1.165) is 56.1 Å². The quantitative estimate of drug-likeness (QED) is 0.559. The Morgan fingerprint density at radius 2 is 1.70 bits per heavy atom. The number of carbonyl (C=O) groups is 1. The first kappa shape index (κ1) is 26.1. The minimum Gasteiger partial charge on any atom is -0.349 e. The summed E-state index contributed by atoms with van der Waals surface area (Å²) in [5.41, 5.74) is 1.07. The minimum atomic E-state index is -2.63. The molecule has 1 aromatic carbocycles. The summed E-state index contributed by atoms with van der Waals surface area (Å²) >= 11 is 0. The van der Waals surface area contributed by atoms with Gasteiger partial charge in [0, 0.05) is 43.3 Å². The van der Waals surface area contributed by atoms with Crippen molar-refractivity contribution in [2.75, 3.05) is 24.6 Å². The molecule has 3 fully saturated rings. The van der Waals surface area contributed by atoms with Gasteiger partial charge >= 0.3 is 0 Å². The molecule has 0 radical (unpaired) electrons. The maximum Gasteiger partial charge on any atom is 0.248 e. The molecule has 37 heavy (non-hydrogen) atoms. The van der Waals surface area contributed by atoms with Crippen molar-refractivity contribution in [3.8, 4) is 0 Å². The van der Waals surface area contributed by atoms with E-state index in [2.05, 4.69) is 56.1 Å². The lowest BCUT2D eigenvalue weighted by Gasteiger charge is -2.43. The molecular weight excluding hydrogens is 474 g/mol. The SMILES string of the molecule is Cc1nnc(C(C)C)n1N1C[C@H]2CC[C@H](C1)N2CC[C@H](NC(=O)C1CCC(F)(F)CC1)c1ccccc1. The van der Waals surface area contributed by atoms with E-state index in [0.29, 0.717) is 18.0 Å². The summed E-state index contributed by atoms with van der Waals surface area (Å²) in [6.45, 7) is 9.10. The molecule has 0 spiro atoms. The summed E-state index contributed by atoms with van der Waals surface area (Å²) in [5, 5.41) is 14.4. The van der Waals surface area contributed by atoms with Crippen molar-refractivity contribution in [1.82, 2.24) is 25.1 Å². The fourth-order valence-corrected chi connectivity index (χ4v) is 6.46. The van der Waals surface area contributed by atoms with Crippen LogP contribution < -0.4 is 10.3 Å². The largest absolute Gasteiger partial charge is 0.349 e. The summed E-state index contributed by atoms with van der Waals surface area (Å²) in [6, 6.07) is 10.8. The highest BCUT2D eigenvalue weighted by atomic mass is 19.3. The van der Waals surface area contributed by atoms with Gasteiger partial charge in [-0.2, -0.15) is 0 Å². The van der Waals surface area contributed by atoms with Crippen LogP contribution in [0.1, 0.15) is 88.0 Å². The van der Waals surface area contributed by atoms with Crippen LogP contribution in [0.5, 0.6) is 0 Å². The molecule has 5 rings (SSSR count). The maximum absolute atomic E-state index is 13.6. The molecule has 3 heterocycles. The molecule has 2 bridgehead atoms. The Labute approximate surface area is 218 Å². The van der Waals surface area contributed by atoms with Crippen molar-refractivity contribution < 1.29 is 13.6 Å². The number of hydrogen-bond acceptors (Lipinski definition) is 5. The number of nitrogens with zero attached hydrogens (tertiary/aromatic N) is 5. The summed E-state index contributed by atoms with van der Waals surface area (Å²) < 4.78 is 29.5. The zero-order chi connectivity index (χ0) is 26.2. The van der Waals surface area contributed by atoms with Crippen molar-refractivity contribution >= 4 is 5.91 Å². The standard InChI is InChI=1S/C28H40F2N6O/c1-19(2)26-33-32-20(3)36(26)34-17-23-9-10-24(18-34)35(23)16-13-25(21-7-5-4-6-8-21)31-27(37)22-11-14-28(29,30)15-12-22/h4-8,19,22-25H,9-18H2,1-3H3,(H,31,37)/t23-,24-,25+/m1/s1. The van der Waals surface area contributed by atoms with Crippen LogP contribution in [0, 0.1) is 12.8 Å². The second-order valence-corrected chi connectivity index (χ2v) is 11.5. The molecule has 2 saturated heterocycles. The molecule has 1 amide bonds. The third-order valence-electron chi connectivity index (χ3n) is 8.52. The number of aromatic nitrogens is 3. The van der Waals surface area contributed by atoms with E-state index in [1.54, 1.807) is 0 Å². The average molecular weight is 515 g/mol. The number of rotatable bonds is 8. The lowest BCUT2D eigenvalue weighted by molar-refractivity contribution is -0.130. The van der Waals surface area contributed by atoms with Crippen LogP contribution in [0.4, 0.5) is 8.78 Å². The molecule has 1 aromatic heterocycles. The number of amides is 1. The van der Waals surface area contributed by atoms with Crippen LogP contribution in [0.15, 0.2) is 30.3 Å². The number of benzene rings is 1. The molecule has 2 aliphatic heterocycles. The molecule has 7 nitrogen and oxygen atoms in total. The number of carbonyl (C=O) groups excluding carboxylic acids is 1. The van der Waals surface area contributed by atoms with Gasteiger partial charge in [-0.1, -0.05) is 44.2 Å². The van der Waals surface area contributed by atoms with Crippen LogP contribution in [0.25, 0.3) is 0 Å². The molecule has 2 aromatic rings. The average Bonchev–Trinajstić information content (AvgIpc) is 3.37. The first-order chi connectivity index (χ1) is 17.7. The van der Waals surface area contributed by atoms with Crippen LogP contribution in [0.2, 0.25) is 0 Å². The zero-order valence-electron chi connectivity index (χ0n) is 22.2. The second-order valence-electron chi connectivity index (χ2n) is 11.5. The van der Waals surface area contributed by atoms with Crippen LogP contribution in [-0.4, -0.2) is 63.3 Å². The van der Waals surface area contributed by atoms with Gasteiger partial charge in [0.1, 0.15) is 5.82 Å². The molecule has 9 heteroatoms. The number of fused-ring (bicyclic) bond motifs is 2. The Morgan fingerprint density at radius 1 is 1.05 bits per heavy atom. The van der Waals surface area contributed by atoms with Gasteiger partial charge in [0.05, 0.1) is 19.1 Å². The lowest BCUT2D eigenvalue weighted by atomic mass is 9.86. The van der Waals surface area contributed by atoms with Gasteiger partial charge in [0.25, 0.3) is 0 Å². The molecule has 202 valence electrons. The lowest BCUT2D eigenvalue weighted by Crippen LogP contribution is -2.58. The van der Waals surface area contributed by atoms with E-state index in [-0.39, 0.29) is 43.6 Å². The van der Waals surface area contributed by atoms with Crippen LogP contribution in [0.3, 0.4) is 0 Å². The molecule has 1 saturated carbocycles. The van der Waals surface area contributed by atoms with E-state index in [9.17, 15) is 13.6 Å². The predicted octanol–water partition coefficient (Wildman–Crippen LogP) is 4.57. The number of hydrogen-bond donors (Lipinski definition) is 1. The fraction of sp³-hybridized carbons (Fsp3) is 0.679. The monoisotopic (exact) mass is 514 g/mol. The molecular formula is C28H40F2N6O. The summed E-state index contributed by atoms with van der Waals surface area (Å²) in [4.78, 5) is 15.7. The Bertz CT molecular complexity index is 1050. The van der Waals surface area contributed by atoms with Crippen LogP contribution >= 0.6 is 0 Å². The number of piperazine rings is 1. The van der Waals surface area contributed by atoms with Crippen molar-refractivity contribution in [3.05, 3.63) is 47.5 Å². The Morgan fingerprint density at radius 3 is 2.32 bits per heavy atom. The first-order valence-electron chi connectivity index (χ1n) is 13.9. The van der Waals surface area contributed by atoms with E-state index < -0.39 is 5.92 Å². The van der Waals surface area contributed by atoms with Crippen molar-refractivity contribution in [1.29, 1.82) is 0 Å². The molecule has 1 N–H and O–H groups in total. The second kappa shape index (κ2) is 10.7. The van der Waals surface area contributed by atoms with E-state index in [4.69, 9.17) is 0 Å². The molecule has 3 atom stereocenters. The molecule has 0 unspecified atom stereocenters.